The molecule has 0 aliphatic rings. The number of rotatable bonds is 4. The first-order valence-electron chi connectivity index (χ1n) is 6.66. The molecule has 0 aliphatic heterocycles. The highest BCUT2D eigenvalue weighted by molar-refractivity contribution is 6.31. The molecular weight excluding hydrogens is 284 g/mol. The second-order valence-corrected chi connectivity index (χ2v) is 5.23. The van der Waals surface area contributed by atoms with E-state index in [1.165, 1.54) is 6.33 Å². The lowest BCUT2D eigenvalue weighted by Crippen LogP contribution is -2.00. The van der Waals surface area contributed by atoms with Crippen LogP contribution in [0, 0.1) is 6.92 Å². The molecular formula is C16H15ClN4. The third-order valence-electron chi connectivity index (χ3n) is 3.28. The van der Waals surface area contributed by atoms with E-state index in [2.05, 4.69) is 21.5 Å². The van der Waals surface area contributed by atoms with Crippen LogP contribution in [0.5, 0.6) is 0 Å². The lowest BCUT2D eigenvalue weighted by Gasteiger charge is -2.09. The second-order valence-electron chi connectivity index (χ2n) is 4.82. The van der Waals surface area contributed by atoms with E-state index in [-0.39, 0.29) is 0 Å². The van der Waals surface area contributed by atoms with Crippen molar-refractivity contribution < 1.29 is 0 Å². The van der Waals surface area contributed by atoms with Crippen LogP contribution in [0.4, 0.5) is 5.69 Å². The van der Waals surface area contributed by atoms with Gasteiger partial charge in [0.25, 0.3) is 0 Å². The molecule has 0 saturated carbocycles. The molecule has 3 rings (SSSR count). The molecule has 0 unspecified atom stereocenters. The number of halogens is 1. The van der Waals surface area contributed by atoms with E-state index in [1.54, 1.807) is 11.0 Å². The molecule has 0 bridgehead atoms. The van der Waals surface area contributed by atoms with Crippen molar-refractivity contribution in [3.05, 3.63) is 71.3 Å². The second kappa shape index (κ2) is 5.97. The zero-order valence-corrected chi connectivity index (χ0v) is 12.4. The smallest absolute Gasteiger partial charge is 0.138 e. The summed E-state index contributed by atoms with van der Waals surface area (Å²) in [5.74, 6) is 0. The van der Waals surface area contributed by atoms with Gasteiger partial charge in [0.1, 0.15) is 12.7 Å². The number of nitrogens with one attached hydrogen (secondary N) is 1. The van der Waals surface area contributed by atoms with Crippen LogP contribution in [0.25, 0.3) is 5.69 Å². The van der Waals surface area contributed by atoms with Crippen LogP contribution in [0.2, 0.25) is 5.02 Å². The minimum Gasteiger partial charge on any atom is -0.381 e. The van der Waals surface area contributed by atoms with Gasteiger partial charge < -0.3 is 5.32 Å². The molecule has 106 valence electrons. The van der Waals surface area contributed by atoms with Gasteiger partial charge in [-0.3, -0.25) is 0 Å². The quantitative estimate of drug-likeness (QED) is 0.796. The van der Waals surface area contributed by atoms with E-state index in [9.17, 15) is 0 Å². The summed E-state index contributed by atoms with van der Waals surface area (Å²) in [6.07, 6.45) is 3.20. The Hall–Kier alpha value is -2.33. The summed E-state index contributed by atoms with van der Waals surface area (Å²) < 4.78 is 1.73. The van der Waals surface area contributed by atoms with E-state index < -0.39 is 0 Å². The molecule has 1 aromatic heterocycles. The lowest BCUT2D eigenvalue weighted by atomic mass is 10.1. The molecule has 0 amide bonds. The molecule has 0 radical (unpaired) electrons. The number of hydrogen-bond donors (Lipinski definition) is 1. The highest BCUT2D eigenvalue weighted by Gasteiger charge is 2.00. The van der Waals surface area contributed by atoms with Crippen LogP contribution < -0.4 is 5.32 Å². The molecule has 5 heteroatoms. The van der Waals surface area contributed by atoms with Crippen molar-refractivity contribution in [1.29, 1.82) is 0 Å². The lowest BCUT2D eigenvalue weighted by molar-refractivity contribution is 0.879. The third-order valence-corrected chi connectivity index (χ3v) is 3.69. The molecule has 1 heterocycles. The number of aryl methyl sites for hydroxylation is 1. The Bertz CT molecular complexity index is 721. The molecule has 21 heavy (non-hydrogen) atoms. The largest absolute Gasteiger partial charge is 0.381 e. The topological polar surface area (TPSA) is 42.7 Å². The molecule has 4 nitrogen and oxygen atoms in total. The zero-order valence-electron chi connectivity index (χ0n) is 11.6. The average Bonchev–Trinajstić information content (AvgIpc) is 3.03. The van der Waals surface area contributed by atoms with Crippen molar-refractivity contribution in [2.75, 3.05) is 5.32 Å². The van der Waals surface area contributed by atoms with Gasteiger partial charge in [-0.2, -0.15) is 5.10 Å². The van der Waals surface area contributed by atoms with E-state index >= 15 is 0 Å². The highest BCUT2D eigenvalue weighted by atomic mass is 35.5. The van der Waals surface area contributed by atoms with Crippen molar-refractivity contribution in [3.63, 3.8) is 0 Å². The van der Waals surface area contributed by atoms with Crippen LogP contribution in [-0.4, -0.2) is 14.8 Å². The monoisotopic (exact) mass is 298 g/mol. The predicted octanol–water partition coefficient (Wildman–Crippen LogP) is 3.84. The zero-order chi connectivity index (χ0) is 14.7. The predicted molar refractivity (Wildman–Crippen MR) is 84.9 cm³/mol. The molecule has 0 aliphatic carbocycles. The van der Waals surface area contributed by atoms with Crippen molar-refractivity contribution in [2.45, 2.75) is 13.5 Å². The van der Waals surface area contributed by atoms with Crippen LogP contribution in [0.3, 0.4) is 0 Å². The van der Waals surface area contributed by atoms with Crippen molar-refractivity contribution >= 4 is 17.3 Å². The van der Waals surface area contributed by atoms with E-state index in [0.29, 0.717) is 0 Å². The van der Waals surface area contributed by atoms with Crippen LogP contribution in [0.15, 0.2) is 55.1 Å². The summed E-state index contributed by atoms with van der Waals surface area (Å²) in [5, 5.41) is 8.28. The van der Waals surface area contributed by atoms with Gasteiger partial charge in [0.05, 0.1) is 5.69 Å². The van der Waals surface area contributed by atoms with Gasteiger partial charge in [-0.1, -0.05) is 23.7 Å². The van der Waals surface area contributed by atoms with Crippen LogP contribution in [-0.2, 0) is 6.54 Å². The van der Waals surface area contributed by atoms with Crippen molar-refractivity contribution in [1.82, 2.24) is 14.8 Å². The Kier molecular flexibility index (Phi) is 3.88. The number of benzene rings is 2. The summed E-state index contributed by atoms with van der Waals surface area (Å²) in [6, 6.07) is 14.1. The first-order chi connectivity index (χ1) is 10.2. The minimum atomic E-state index is 0.739. The SMILES string of the molecule is Cc1ccc(CNc2ccc(-n3cncn3)cc2)cc1Cl. The van der Waals surface area contributed by atoms with Gasteiger partial charge in [-0.15, -0.1) is 0 Å². The van der Waals surface area contributed by atoms with Crippen molar-refractivity contribution in [2.24, 2.45) is 0 Å². The van der Waals surface area contributed by atoms with E-state index in [1.807, 2.05) is 43.3 Å². The Morgan fingerprint density at radius 1 is 1.14 bits per heavy atom. The summed E-state index contributed by atoms with van der Waals surface area (Å²) in [4.78, 5) is 3.94. The fraction of sp³-hybridized carbons (Fsp3) is 0.125. The molecule has 0 saturated heterocycles. The van der Waals surface area contributed by atoms with Gasteiger partial charge >= 0.3 is 0 Å². The van der Waals surface area contributed by atoms with Gasteiger partial charge in [0.15, 0.2) is 0 Å². The molecule has 0 spiro atoms. The van der Waals surface area contributed by atoms with Gasteiger partial charge in [-0.05, 0) is 48.4 Å². The molecule has 3 aromatic rings. The number of hydrogen-bond acceptors (Lipinski definition) is 3. The Morgan fingerprint density at radius 3 is 2.62 bits per heavy atom. The maximum atomic E-state index is 6.13. The maximum absolute atomic E-state index is 6.13. The van der Waals surface area contributed by atoms with Crippen molar-refractivity contribution in [3.8, 4) is 5.69 Å². The number of anilines is 1. The summed E-state index contributed by atoms with van der Waals surface area (Å²) in [5.41, 5.74) is 4.29. The first kappa shape index (κ1) is 13.6. The average molecular weight is 299 g/mol. The summed E-state index contributed by atoms with van der Waals surface area (Å²) >= 11 is 6.13. The Labute approximate surface area is 128 Å². The Balaban J connectivity index is 1.66. The highest BCUT2D eigenvalue weighted by Crippen LogP contribution is 2.18. The molecule has 1 N–H and O–H groups in total. The van der Waals surface area contributed by atoms with Crippen LogP contribution >= 0.6 is 11.6 Å². The first-order valence-corrected chi connectivity index (χ1v) is 7.04. The minimum absolute atomic E-state index is 0.739. The summed E-state index contributed by atoms with van der Waals surface area (Å²) in [7, 11) is 0. The number of aromatic nitrogens is 3. The normalized spacial score (nSPS) is 10.6. The maximum Gasteiger partial charge on any atom is 0.138 e. The van der Waals surface area contributed by atoms with E-state index in [0.717, 1.165) is 34.1 Å². The van der Waals surface area contributed by atoms with Gasteiger partial charge in [0.2, 0.25) is 0 Å². The van der Waals surface area contributed by atoms with Crippen LogP contribution in [0.1, 0.15) is 11.1 Å². The fourth-order valence-electron chi connectivity index (χ4n) is 2.02. The number of nitrogens with zero attached hydrogens (tertiary/aromatic N) is 3. The molecule has 0 atom stereocenters. The van der Waals surface area contributed by atoms with E-state index in [4.69, 9.17) is 11.6 Å². The molecule has 0 fully saturated rings. The standard InChI is InChI=1S/C16H15ClN4/c1-12-2-3-13(8-16(12)17)9-19-14-4-6-15(7-5-14)21-11-18-10-20-21/h2-8,10-11,19H,9H2,1H3. The fourth-order valence-corrected chi connectivity index (χ4v) is 2.23. The Morgan fingerprint density at radius 2 is 1.95 bits per heavy atom. The molecule has 2 aromatic carbocycles. The third kappa shape index (κ3) is 3.23. The van der Waals surface area contributed by atoms with Gasteiger partial charge in [0, 0.05) is 17.3 Å². The summed E-state index contributed by atoms with van der Waals surface area (Å²) in [6.45, 7) is 2.74. The van der Waals surface area contributed by atoms with Gasteiger partial charge in [-0.25, -0.2) is 9.67 Å².